The average molecular weight is 707 g/mol. The van der Waals surface area contributed by atoms with Gasteiger partial charge in [0, 0.05) is 42.5 Å². The summed E-state index contributed by atoms with van der Waals surface area (Å²) < 4.78 is 42.3. The van der Waals surface area contributed by atoms with Crippen molar-refractivity contribution in [2.45, 2.75) is 44.4 Å². The summed E-state index contributed by atoms with van der Waals surface area (Å²) in [4.78, 5) is 66.7. The first-order valence-corrected chi connectivity index (χ1v) is 16.3. The predicted octanol–water partition coefficient (Wildman–Crippen LogP) is 4.79. The number of hydrogen-bond acceptors (Lipinski definition) is 7. The van der Waals surface area contributed by atoms with Gasteiger partial charge in [-0.05, 0) is 62.7 Å². The Morgan fingerprint density at radius 3 is 2.38 bits per heavy atom. The van der Waals surface area contributed by atoms with Crippen LogP contribution in [-0.2, 0) is 26.1 Å². The van der Waals surface area contributed by atoms with E-state index < -0.39 is 58.4 Å². The molecule has 7 rings (SSSR count). The summed E-state index contributed by atoms with van der Waals surface area (Å²) in [5, 5.41) is 14.6. The van der Waals surface area contributed by atoms with Gasteiger partial charge in [-0.1, -0.05) is 30.0 Å². The van der Waals surface area contributed by atoms with Gasteiger partial charge in [0.05, 0.1) is 45.3 Å². The molecule has 0 spiro atoms. The maximum Gasteiger partial charge on any atom is 0.417 e. The molecule has 0 saturated carbocycles. The van der Waals surface area contributed by atoms with Crippen LogP contribution in [0.2, 0.25) is 0 Å². The molecule has 5 amide bonds. The van der Waals surface area contributed by atoms with E-state index in [0.29, 0.717) is 24.2 Å². The van der Waals surface area contributed by atoms with Gasteiger partial charge in [0.1, 0.15) is 11.6 Å². The molecular formula is C38H29F3N6O5. The highest BCUT2D eigenvalue weighted by atomic mass is 19.4. The number of nitriles is 1. The second kappa shape index (κ2) is 12.4. The first-order valence-electron chi connectivity index (χ1n) is 16.3. The number of para-hydroxylation sites is 1. The SMILES string of the molecule is CC(C)(C(=O)Nc1ccc(C#N)c(C(F)(F)F)c1)n1cc(C#CC2CN(c3ccc4c(c3)C(=O)N(C3CCC(=O)NC3=O)C4=O)C2)c2ccccc21. The van der Waals surface area contributed by atoms with Crippen LogP contribution in [0.5, 0.6) is 0 Å². The lowest BCUT2D eigenvalue weighted by molar-refractivity contribution is -0.138. The number of carbonyl (C=O) groups is 5. The van der Waals surface area contributed by atoms with Crippen molar-refractivity contribution in [1.29, 1.82) is 5.26 Å². The topological polar surface area (TPSA) is 145 Å². The van der Waals surface area contributed by atoms with Gasteiger partial charge in [-0.3, -0.25) is 34.2 Å². The molecule has 4 heterocycles. The zero-order chi connectivity index (χ0) is 37.1. The molecule has 0 bridgehead atoms. The monoisotopic (exact) mass is 706 g/mol. The molecule has 4 aromatic rings. The van der Waals surface area contributed by atoms with Gasteiger partial charge < -0.3 is 14.8 Å². The summed E-state index contributed by atoms with van der Waals surface area (Å²) in [6.45, 7) is 4.37. The molecule has 52 heavy (non-hydrogen) atoms. The second-order valence-electron chi connectivity index (χ2n) is 13.4. The highest BCUT2D eigenvalue weighted by Crippen LogP contribution is 2.36. The molecule has 2 saturated heterocycles. The van der Waals surface area contributed by atoms with Crippen molar-refractivity contribution in [2.24, 2.45) is 5.92 Å². The smallest absolute Gasteiger partial charge is 0.369 e. The van der Waals surface area contributed by atoms with Crippen LogP contribution in [0.25, 0.3) is 10.9 Å². The lowest BCUT2D eigenvalue weighted by atomic mass is 9.98. The normalized spacial score (nSPS) is 17.7. The Morgan fingerprint density at radius 2 is 1.67 bits per heavy atom. The van der Waals surface area contributed by atoms with E-state index in [2.05, 4.69) is 22.5 Å². The van der Waals surface area contributed by atoms with Crippen LogP contribution in [0.3, 0.4) is 0 Å². The number of hydrogen-bond donors (Lipinski definition) is 2. The minimum Gasteiger partial charge on any atom is -0.369 e. The van der Waals surface area contributed by atoms with E-state index in [-0.39, 0.29) is 35.6 Å². The number of imide groups is 2. The summed E-state index contributed by atoms with van der Waals surface area (Å²) in [6.07, 6.45) is -2.92. The third-order valence-corrected chi connectivity index (χ3v) is 9.65. The van der Waals surface area contributed by atoms with E-state index in [0.717, 1.165) is 28.1 Å². The Kier molecular flexibility index (Phi) is 8.14. The fourth-order valence-electron chi connectivity index (χ4n) is 6.71. The highest BCUT2D eigenvalue weighted by Gasteiger charge is 2.45. The van der Waals surface area contributed by atoms with Crippen LogP contribution < -0.4 is 15.5 Å². The van der Waals surface area contributed by atoms with E-state index >= 15 is 0 Å². The summed E-state index contributed by atoms with van der Waals surface area (Å²) in [6, 6.07) is 15.8. The summed E-state index contributed by atoms with van der Waals surface area (Å²) in [7, 11) is 0. The Labute approximate surface area is 295 Å². The van der Waals surface area contributed by atoms with Gasteiger partial charge in [-0.15, -0.1) is 0 Å². The number of nitrogens with zero attached hydrogens (tertiary/aromatic N) is 4. The fraction of sp³-hybridized carbons (Fsp3) is 0.263. The number of rotatable bonds is 5. The van der Waals surface area contributed by atoms with Crippen LogP contribution >= 0.6 is 0 Å². The Hall–Kier alpha value is -6.41. The average Bonchev–Trinajstić information content (AvgIpc) is 3.58. The maximum atomic E-state index is 13.5. The van der Waals surface area contributed by atoms with Gasteiger partial charge in [0.25, 0.3) is 11.8 Å². The van der Waals surface area contributed by atoms with Gasteiger partial charge in [0.15, 0.2) is 0 Å². The molecule has 3 aromatic carbocycles. The minimum absolute atomic E-state index is 0.0355. The first kappa shape index (κ1) is 34.1. The van der Waals surface area contributed by atoms with E-state index in [1.54, 1.807) is 42.8 Å². The Balaban J connectivity index is 1.06. The minimum atomic E-state index is -4.77. The van der Waals surface area contributed by atoms with Crippen LogP contribution in [0.1, 0.15) is 64.1 Å². The molecule has 1 aromatic heterocycles. The highest BCUT2D eigenvalue weighted by molar-refractivity contribution is 6.23. The zero-order valence-electron chi connectivity index (χ0n) is 27.8. The number of alkyl halides is 3. The number of aromatic nitrogens is 1. The van der Waals surface area contributed by atoms with Crippen molar-refractivity contribution in [3.63, 3.8) is 0 Å². The molecule has 3 aliphatic rings. The zero-order valence-corrected chi connectivity index (χ0v) is 27.8. The molecule has 14 heteroatoms. The van der Waals surface area contributed by atoms with E-state index in [4.69, 9.17) is 5.26 Å². The third kappa shape index (κ3) is 5.82. The van der Waals surface area contributed by atoms with Gasteiger partial charge >= 0.3 is 6.18 Å². The van der Waals surface area contributed by atoms with Crippen LogP contribution in [0, 0.1) is 29.1 Å². The standard InChI is InChI=1S/C38H29F3N6O5/c1-37(2,36(52)43-24-10-9-22(17-42)29(15-24)38(39,40)41)46-20-23(26-5-3-4-6-30(26)46)8-7-21-18-45(19-21)25-11-12-27-28(16-25)35(51)47(34(27)50)31-13-14-32(48)44-33(31)49/h3-6,9-12,15-16,20-21,31H,13-14,18-19H2,1-2H3,(H,43,52)(H,44,48,49). The largest absolute Gasteiger partial charge is 0.417 e. The number of amides is 5. The van der Waals surface area contributed by atoms with Gasteiger partial charge in [0.2, 0.25) is 17.7 Å². The first-order chi connectivity index (χ1) is 24.7. The number of piperidine rings is 1. The maximum absolute atomic E-state index is 13.5. The number of fused-ring (bicyclic) bond motifs is 2. The third-order valence-electron chi connectivity index (χ3n) is 9.65. The molecule has 1 atom stereocenters. The molecule has 0 radical (unpaired) electrons. The van der Waals surface area contributed by atoms with Crippen LogP contribution in [-0.4, -0.2) is 58.1 Å². The van der Waals surface area contributed by atoms with Gasteiger partial charge in [-0.2, -0.15) is 18.4 Å². The van der Waals surface area contributed by atoms with Crippen molar-refractivity contribution in [3.8, 4) is 17.9 Å². The van der Waals surface area contributed by atoms with Crippen molar-refractivity contribution < 1.29 is 37.1 Å². The molecule has 0 aliphatic carbocycles. The summed E-state index contributed by atoms with van der Waals surface area (Å²) >= 11 is 0. The number of anilines is 2. The second-order valence-corrected chi connectivity index (χ2v) is 13.4. The quantitative estimate of drug-likeness (QED) is 0.224. The predicted molar refractivity (Wildman–Crippen MR) is 182 cm³/mol. The number of nitrogens with one attached hydrogen (secondary N) is 2. The number of halogens is 3. The van der Waals surface area contributed by atoms with Crippen molar-refractivity contribution >= 4 is 51.8 Å². The number of carbonyl (C=O) groups excluding carboxylic acids is 5. The van der Waals surface area contributed by atoms with Crippen molar-refractivity contribution in [3.05, 3.63) is 94.7 Å². The molecule has 2 fully saturated rings. The van der Waals surface area contributed by atoms with Crippen molar-refractivity contribution in [2.75, 3.05) is 23.3 Å². The molecule has 11 nitrogen and oxygen atoms in total. The van der Waals surface area contributed by atoms with Crippen LogP contribution in [0.4, 0.5) is 24.5 Å². The summed E-state index contributed by atoms with van der Waals surface area (Å²) in [5.74, 6) is 3.63. The molecule has 262 valence electrons. The Bertz CT molecular complexity index is 2340. The summed E-state index contributed by atoms with van der Waals surface area (Å²) in [5.41, 5.74) is -0.578. The van der Waals surface area contributed by atoms with E-state index in [1.165, 1.54) is 12.1 Å². The molecule has 3 aliphatic heterocycles. The van der Waals surface area contributed by atoms with E-state index in [9.17, 15) is 37.1 Å². The lowest BCUT2D eigenvalue weighted by Gasteiger charge is -2.38. The number of benzene rings is 3. The molecule has 2 N–H and O–H groups in total. The van der Waals surface area contributed by atoms with E-state index in [1.807, 2.05) is 29.2 Å². The van der Waals surface area contributed by atoms with Crippen molar-refractivity contribution in [1.82, 2.24) is 14.8 Å². The molecular weight excluding hydrogens is 677 g/mol. The Morgan fingerprint density at radius 1 is 0.942 bits per heavy atom. The van der Waals surface area contributed by atoms with Crippen LogP contribution in [0.15, 0.2) is 66.9 Å². The fourth-order valence-corrected chi connectivity index (χ4v) is 6.71. The lowest BCUT2D eigenvalue weighted by Crippen LogP contribution is -2.54. The molecule has 1 unspecified atom stereocenters. The van der Waals surface area contributed by atoms with Gasteiger partial charge in [-0.25, -0.2) is 0 Å².